The van der Waals surface area contributed by atoms with E-state index in [4.69, 9.17) is 0 Å². The number of benzene rings is 1. The monoisotopic (exact) mass is 267 g/mol. The molecule has 0 aliphatic heterocycles. The Balaban J connectivity index is 1.79. The predicted molar refractivity (Wildman–Crippen MR) is 74.1 cm³/mol. The summed E-state index contributed by atoms with van der Waals surface area (Å²) in [6, 6.07) is 4.28. The molecule has 0 spiro atoms. The fraction of sp³-hybridized carbons (Fsp3) is 0.625. The lowest BCUT2D eigenvalue weighted by Gasteiger charge is -2.17. The van der Waals surface area contributed by atoms with Crippen LogP contribution in [-0.2, 0) is 6.42 Å². The van der Waals surface area contributed by atoms with E-state index in [1.165, 1.54) is 31.0 Å². The molecule has 1 atom stereocenters. The molecule has 0 heterocycles. The van der Waals surface area contributed by atoms with Crippen molar-refractivity contribution < 1.29 is 8.78 Å². The van der Waals surface area contributed by atoms with Gasteiger partial charge in [0, 0.05) is 6.04 Å². The maximum Gasteiger partial charge on any atom is 0.126 e. The smallest absolute Gasteiger partial charge is 0.126 e. The summed E-state index contributed by atoms with van der Waals surface area (Å²) in [5.41, 5.74) is 0.505. The summed E-state index contributed by atoms with van der Waals surface area (Å²) in [6.45, 7) is 3.22. The van der Waals surface area contributed by atoms with E-state index in [1.54, 1.807) is 0 Å². The molecule has 3 heteroatoms. The van der Waals surface area contributed by atoms with Crippen molar-refractivity contribution in [3.05, 3.63) is 35.4 Å². The standard InChI is InChI=1S/C16H23F2N/c1-2-10-19-16(12-6-7-12)5-3-4-13-11-14(17)8-9-15(13)18/h8-9,11-12,16,19H,2-7,10H2,1H3. The van der Waals surface area contributed by atoms with Gasteiger partial charge in [-0.1, -0.05) is 6.92 Å². The highest BCUT2D eigenvalue weighted by Gasteiger charge is 2.30. The van der Waals surface area contributed by atoms with E-state index in [2.05, 4.69) is 12.2 Å². The molecular formula is C16H23F2N. The molecule has 1 nitrogen and oxygen atoms in total. The van der Waals surface area contributed by atoms with Gasteiger partial charge in [0.2, 0.25) is 0 Å². The van der Waals surface area contributed by atoms with Gasteiger partial charge in [-0.25, -0.2) is 8.78 Å². The van der Waals surface area contributed by atoms with Gasteiger partial charge in [0.1, 0.15) is 11.6 Å². The molecule has 0 saturated heterocycles. The van der Waals surface area contributed by atoms with Gasteiger partial charge in [0.05, 0.1) is 0 Å². The highest BCUT2D eigenvalue weighted by Crippen LogP contribution is 2.34. The Hall–Kier alpha value is -0.960. The minimum Gasteiger partial charge on any atom is -0.314 e. The van der Waals surface area contributed by atoms with Crippen molar-refractivity contribution in [3.8, 4) is 0 Å². The molecular weight excluding hydrogens is 244 g/mol. The second-order valence-corrected chi connectivity index (χ2v) is 5.53. The second-order valence-electron chi connectivity index (χ2n) is 5.53. The van der Waals surface area contributed by atoms with Crippen molar-refractivity contribution in [2.45, 2.75) is 51.5 Å². The zero-order valence-corrected chi connectivity index (χ0v) is 11.6. The Morgan fingerprint density at radius 2 is 2.11 bits per heavy atom. The summed E-state index contributed by atoms with van der Waals surface area (Å²) in [5, 5.41) is 3.58. The first-order chi connectivity index (χ1) is 9.20. The SMILES string of the molecule is CCCNC(CCCc1cc(F)ccc1F)C1CC1. The Morgan fingerprint density at radius 3 is 2.79 bits per heavy atom. The predicted octanol–water partition coefficient (Wildman–Crippen LogP) is 4.07. The van der Waals surface area contributed by atoms with Crippen LogP contribution in [0.5, 0.6) is 0 Å². The van der Waals surface area contributed by atoms with Crippen LogP contribution in [0.25, 0.3) is 0 Å². The molecule has 1 aliphatic rings. The molecule has 1 unspecified atom stereocenters. The van der Waals surface area contributed by atoms with Gasteiger partial charge >= 0.3 is 0 Å². The molecule has 106 valence electrons. The first-order valence-corrected chi connectivity index (χ1v) is 7.38. The van der Waals surface area contributed by atoms with E-state index < -0.39 is 0 Å². The van der Waals surface area contributed by atoms with E-state index in [1.807, 2.05) is 0 Å². The van der Waals surface area contributed by atoms with Crippen LogP contribution in [0.1, 0.15) is 44.6 Å². The quantitative estimate of drug-likeness (QED) is 0.748. The minimum absolute atomic E-state index is 0.286. The van der Waals surface area contributed by atoms with Crippen LogP contribution in [0.2, 0.25) is 0 Å². The summed E-state index contributed by atoms with van der Waals surface area (Å²) in [6.07, 6.45) is 6.37. The van der Waals surface area contributed by atoms with E-state index in [0.29, 0.717) is 18.0 Å². The molecule has 1 saturated carbocycles. The van der Waals surface area contributed by atoms with Crippen molar-refractivity contribution in [3.63, 3.8) is 0 Å². The fourth-order valence-electron chi connectivity index (χ4n) is 2.58. The van der Waals surface area contributed by atoms with Crippen molar-refractivity contribution in [2.75, 3.05) is 6.54 Å². The Labute approximate surface area is 114 Å². The maximum atomic E-state index is 13.5. The molecule has 19 heavy (non-hydrogen) atoms. The number of halogens is 2. The lowest BCUT2D eigenvalue weighted by Crippen LogP contribution is -2.31. The molecule has 0 bridgehead atoms. The van der Waals surface area contributed by atoms with Gasteiger partial charge in [0.25, 0.3) is 0 Å². The Morgan fingerprint density at radius 1 is 1.32 bits per heavy atom. The van der Waals surface area contributed by atoms with Crippen LogP contribution in [-0.4, -0.2) is 12.6 Å². The first kappa shape index (κ1) is 14.4. The van der Waals surface area contributed by atoms with Crippen LogP contribution in [0.3, 0.4) is 0 Å². The normalized spacial score (nSPS) is 16.6. The van der Waals surface area contributed by atoms with Crippen molar-refractivity contribution in [1.82, 2.24) is 5.32 Å². The summed E-state index contributed by atoms with van der Waals surface area (Å²) >= 11 is 0. The molecule has 1 N–H and O–H groups in total. The van der Waals surface area contributed by atoms with Gasteiger partial charge < -0.3 is 5.32 Å². The zero-order valence-electron chi connectivity index (χ0n) is 11.6. The second kappa shape index (κ2) is 6.99. The van der Waals surface area contributed by atoms with E-state index in [9.17, 15) is 8.78 Å². The first-order valence-electron chi connectivity index (χ1n) is 7.38. The van der Waals surface area contributed by atoms with Gasteiger partial charge in [-0.05, 0) is 74.8 Å². The Kier molecular flexibility index (Phi) is 5.32. The molecule has 0 amide bonds. The third kappa shape index (κ3) is 4.57. The van der Waals surface area contributed by atoms with E-state index >= 15 is 0 Å². The minimum atomic E-state index is -0.348. The van der Waals surface area contributed by atoms with E-state index in [-0.39, 0.29) is 11.6 Å². The van der Waals surface area contributed by atoms with Gasteiger partial charge in [-0.2, -0.15) is 0 Å². The summed E-state index contributed by atoms with van der Waals surface area (Å²) in [5.74, 6) is 0.175. The highest BCUT2D eigenvalue weighted by molar-refractivity contribution is 5.18. The van der Waals surface area contributed by atoms with E-state index in [0.717, 1.165) is 31.7 Å². The van der Waals surface area contributed by atoms with Crippen LogP contribution in [0, 0.1) is 17.6 Å². The molecule has 2 rings (SSSR count). The number of hydrogen-bond acceptors (Lipinski definition) is 1. The molecule has 0 aromatic heterocycles. The van der Waals surface area contributed by atoms with Crippen LogP contribution >= 0.6 is 0 Å². The third-order valence-corrected chi connectivity index (χ3v) is 3.82. The average Bonchev–Trinajstić information content (AvgIpc) is 3.22. The van der Waals surface area contributed by atoms with Gasteiger partial charge in [-0.15, -0.1) is 0 Å². The van der Waals surface area contributed by atoms with Crippen molar-refractivity contribution in [2.24, 2.45) is 5.92 Å². The van der Waals surface area contributed by atoms with Crippen LogP contribution in [0.4, 0.5) is 8.78 Å². The number of hydrogen-bond donors (Lipinski definition) is 1. The van der Waals surface area contributed by atoms with Crippen molar-refractivity contribution in [1.29, 1.82) is 0 Å². The number of aryl methyl sites for hydroxylation is 1. The maximum absolute atomic E-state index is 13.5. The molecule has 1 aliphatic carbocycles. The van der Waals surface area contributed by atoms with Gasteiger partial charge in [-0.3, -0.25) is 0 Å². The summed E-state index contributed by atoms with van der Waals surface area (Å²) in [4.78, 5) is 0. The lowest BCUT2D eigenvalue weighted by atomic mass is 10.0. The topological polar surface area (TPSA) is 12.0 Å². The molecule has 1 aromatic carbocycles. The Bertz CT molecular complexity index is 402. The number of nitrogens with one attached hydrogen (secondary N) is 1. The average molecular weight is 267 g/mol. The largest absolute Gasteiger partial charge is 0.314 e. The highest BCUT2D eigenvalue weighted by atomic mass is 19.1. The van der Waals surface area contributed by atoms with Crippen LogP contribution < -0.4 is 5.32 Å². The molecule has 1 fully saturated rings. The number of rotatable bonds is 8. The van der Waals surface area contributed by atoms with Crippen molar-refractivity contribution >= 4 is 0 Å². The third-order valence-electron chi connectivity index (χ3n) is 3.82. The molecule has 1 aromatic rings. The fourth-order valence-corrected chi connectivity index (χ4v) is 2.58. The summed E-state index contributed by atoms with van der Waals surface area (Å²) < 4.78 is 26.5. The van der Waals surface area contributed by atoms with Gasteiger partial charge in [0.15, 0.2) is 0 Å². The molecule has 0 radical (unpaired) electrons. The zero-order chi connectivity index (χ0) is 13.7. The van der Waals surface area contributed by atoms with Crippen LogP contribution in [0.15, 0.2) is 18.2 Å². The lowest BCUT2D eigenvalue weighted by molar-refractivity contribution is 0.423. The summed E-state index contributed by atoms with van der Waals surface area (Å²) in [7, 11) is 0.